The van der Waals surface area contributed by atoms with Gasteiger partial charge >= 0.3 is 19.8 Å². The van der Waals surface area contributed by atoms with E-state index in [0.717, 1.165) is 70.6 Å². The van der Waals surface area contributed by atoms with Gasteiger partial charge in [0.1, 0.15) is 6.61 Å². The Kier molecular flexibility index (Phi) is 36.6. The van der Waals surface area contributed by atoms with Crippen LogP contribution in [0.5, 0.6) is 0 Å². The monoisotopic (exact) mass is 804 g/mol. The van der Waals surface area contributed by atoms with Crippen LogP contribution in [0.15, 0.2) is 97.2 Å². The minimum absolute atomic E-state index is 0.0601. The molecule has 0 fully saturated rings. The quantitative estimate of drug-likeness (QED) is 0.0208. The van der Waals surface area contributed by atoms with Gasteiger partial charge in [0.15, 0.2) is 6.10 Å². The molecule has 0 saturated carbocycles. The molecule has 0 spiro atoms. The van der Waals surface area contributed by atoms with Crippen LogP contribution in [0.1, 0.15) is 142 Å². The summed E-state index contributed by atoms with van der Waals surface area (Å²) in [6.07, 6.45) is 45.8. The maximum atomic E-state index is 12.4. The summed E-state index contributed by atoms with van der Waals surface area (Å²) in [4.78, 5) is 42.9. The Morgan fingerprint density at radius 2 is 1.04 bits per heavy atom. The highest BCUT2D eigenvalue weighted by Gasteiger charge is 2.23. The Morgan fingerprint density at radius 1 is 0.554 bits per heavy atom. The summed E-state index contributed by atoms with van der Waals surface area (Å²) in [5.74, 6) is -1.22. The van der Waals surface area contributed by atoms with Crippen LogP contribution < -0.4 is 0 Å². The van der Waals surface area contributed by atoms with Gasteiger partial charge in [-0.3, -0.25) is 14.1 Å². The number of aliphatic hydroxyl groups excluding tert-OH is 2. The van der Waals surface area contributed by atoms with Gasteiger partial charge < -0.3 is 29.5 Å². The van der Waals surface area contributed by atoms with Crippen LogP contribution in [0.4, 0.5) is 0 Å². The smallest absolute Gasteiger partial charge is 0.462 e. The van der Waals surface area contributed by atoms with E-state index in [2.05, 4.69) is 103 Å². The maximum Gasteiger partial charge on any atom is 0.469 e. The first kappa shape index (κ1) is 52.9. The van der Waals surface area contributed by atoms with Crippen molar-refractivity contribution in [2.45, 2.75) is 161 Å². The third-order valence-electron chi connectivity index (χ3n) is 8.29. The van der Waals surface area contributed by atoms with E-state index in [1.165, 1.54) is 19.3 Å². The zero-order valence-corrected chi connectivity index (χ0v) is 35.1. The van der Waals surface area contributed by atoms with Gasteiger partial charge in [-0.05, 0) is 96.3 Å². The number of phosphoric acid groups is 1. The first-order valence-corrected chi connectivity index (χ1v) is 22.2. The molecule has 0 radical (unpaired) electrons. The molecule has 0 aromatic carbocycles. The summed E-state index contributed by atoms with van der Waals surface area (Å²) in [6, 6.07) is 0. The van der Waals surface area contributed by atoms with Gasteiger partial charge in [-0.2, -0.15) is 0 Å². The van der Waals surface area contributed by atoms with Crippen LogP contribution in [0.2, 0.25) is 0 Å². The Balaban J connectivity index is 4.26. The van der Waals surface area contributed by atoms with E-state index in [-0.39, 0.29) is 32.1 Å². The molecule has 56 heavy (non-hydrogen) atoms. The molecule has 0 aromatic heterocycles. The second-order valence-electron chi connectivity index (χ2n) is 13.5. The second kappa shape index (κ2) is 38.7. The molecular formula is C45H73O10P. The lowest BCUT2D eigenvalue weighted by molar-refractivity contribution is -0.161. The number of phosphoric ester groups is 1. The molecule has 0 heterocycles. The molecule has 0 aromatic rings. The summed E-state index contributed by atoms with van der Waals surface area (Å²) in [6.45, 7) is 3.25. The molecule has 2 unspecified atom stereocenters. The molecule has 0 aliphatic rings. The topological polar surface area (TPSA) is 160 Å². The van der Waals surface area contributed by atoms with Gasteiger partial charge in [0.05, 0.1) is 18.8 Å². The van der Waals surface area contributed by atoms with E-state index in [1.54, 1.807) is 0 Å². The molecule has 10 nitrogen and oxygen atoms in total. The van der Waals surface area contributed by atoms with Crippen molar-refractivity contribution in [2.75, 3.05) is 13.2 Å². The van der Waals surface area contributed by atoms with Gasteiger partial charge in [-0.15, -0.1) is 0 Å². The summed E-state index contributed by atoms with van der Waals surface area (Å²) in [5, 5.41) is 20.5. The molecule has 0 amide bonds. The molecule has 0 rings (SSSR count). The number of carbonyl (C=O) groups excluding carboxylic acids is 2. The molecule has 0 aliphatic heterocycles. The van der Waals surface area contributed by atoms with Crippen molar-refractivity contribution in [1.82, 2.24) is 0 Å². The Hall–Kier alpha value is -3.11. The Bertz CT molecular complexity index is 1260. The van der Waals surface area contributed by atoms with Crippen LogP contribution in [0.3, 0.4) is 0 Å². The molecule has 0 aliphatic carbocycles. The summed E-state index contributed by atoms with van der Waals surface area (Å²) in [5.41, 5.74) is 0. The number of carbonyl (C=O) groups is 2. The summed E-state index contributed by atoms with van der Waals surface area (Å²) >= 11 is 0. The Labute approximate surface area is 338 Å². The van der Waals surface area contributed by atoms with Crippen LogP contribution in [0.25, 0.3) is 0 Å². The minimum Gasteiger partial charge on any atom is -0.462 e. The summed E-state index contributed by atoms with van der Waals surface area (Å²) in [7, 11) is -4.84. The highest BCUT2D eigenvalue weighted by atomic mass is 31.2. The first-order chi connectivity index (χ1) is 27.1. The van der Waals surface area contributed by atoms with Crippen molar-refractivity contribution in [3.05, 3.63) is 97.2 Å². The molecule has 0 saturated heterocycles. The molecule has 3 atom stereocenters. The third kappa shape index (κ3) is 39.1. The van der Waals surface area contributed by atoms with Crippen molar-refractivity contribution in [3.8, 4) is 0 Å². The molecule has 318 valence electrons. The fourth-order valence-electron chi connectivity index (χ4n) is 5.09. The Morgan fingerprint density at radius 3 is 1.55 bits per heavy atom. The van der Waals surface area contributed by atoms with Gasteiger partial charge in [-0.1, -0.05) is 130 Å². The van der Waals surface area contributed by atoms with Crippen LogP contribution in [-0.2, 0) is 28.2 Å². The van der Waals surface area contributed by atoms with Gasteiger partial charge in [-0.25, -0.2) is 4.57 Å². The minimum atomic E-state index is -4.84. The van der Waals surface area contributed by atoms with E-state index in [9.17, 15) is 24.4 Å². The zero-order valence-electron chi connectivity index (χ0n) is 34.2. The molecule has 4 N–H and O–H groups in total. The number of hydrogen-bond acceptors (Lipinski definition) is 8. The SMILES string of the molecule is CC/C=C\C/C=C\C/C=C\C/C=C\C/C=C\CCCCCC(=O)O[C@H](COC(=O)CCCC(O)C(O)C/C=C\C/C=C\C/C=C\CCCCC)COP(=O)(O)O. The fraction of sp³-hybridized carbons (Fsp3) is 0.600. The lowest BCUT2D eigenvalue weighted by Gasteiger charge is -2.19. The number of aliphatic hydroxyl groups is 2. The number of allylic oxidation sites excluding steroid dienone is 15. The predicted octanol–water partition coefficient (Wildman–Crippen LogP) is 10.6. The van der Waals surface area contributed by atoms with E-state index in [1.807, 2.05) is 12.2 Å². The standard InChI is InChI=1S/C45H73O10P/c1-3-5-7-9-11-13-15-17-18-19-20-21-22-23-25-27-29-31-33-37-45(49)55-41(40-54-56(50,51)52)39-53-44(48)38-34-36-43(47)42(46)35-32-30-28-26-24-16-14-12-10-8-6-4-2/h5,7,11-14,17-18,20-21,23-26,30,32,41-43,46-47H,3-4,6,8-10,15-16,19,22,27-29,31,33-40H2,1-2H3,(H2,50,51,52)/b7-5-,13-11-,14-12-,18-17-,21-20-,25-23-,26-24-,32-30-/t41-,42?,43?/m1/s1. The molecular weight excluding hydrogens is 731 g/mol. The van der Waals surface area contributed by atoms with Crippen molar-refractivity contribution >= 4 is 19.8 Å². The number of esters is 2. The zero-order chi connectivity index (χ0) is 41.4. The van der Waals surface area contributed by atoms with E-state index in [4.69, 9.17) is 19.3 Å². The normalized spacial score (nSPS) is 14.6. The van der Waals surface area contributed by atoms with Crippen LogP contribution >= 0.6 is 7.82 Å². The largest absolute Gasteiger partial charge is 0.469 e. The molecule has 0 bridgehead atoms. The number of unbranched alkanes of at least 4 members (excludes halogenated alkanes) is 6. The van der Waals surface area contributed by atoms with Crippen molar-refractivity contribution in [2.24, 2.45) is 0 Å². The average Bonchev–Trinajstić information content (AvgIpc) is 3.16. The highest BCUT2D eigenvalue weighted by Crippen LogP contribution is 2.36. The van der Waals surface area contributed by atoms with E-state index >= 15 is 0 Å². The first-order valence-electron chi connectivity index (χ1n) is 20.7. The van der Waals surface area contributed by atoms with Gasteiger partial charge in [0.2, 0.25) is 0 Å². The average molecular weight is 805 g/mol. The van der Waals surface area contributed by atoms with Gasteiger partial charge in [0, 0.05) is 12.8 Å². The van der Waals surface area contributed by atoms with Crippen LogP contribution in [-0.4, -0.2) is 63.5 Å². The molecule has 11 heteroatoms. The number of rotatable bonds is 36. The lowest BCUT2D eigenvalue weighted by atomic mass is 10.0. The van der Waals surface area contributed by atoms with E-state index < -0.39 is 51.3 Å². The highest BCUT2D eigenvalue weighted by molar-refractivity contribution is 7.46. The van der Waals surface area contributed by atoms with Crippen molar-refractivity contribution in [1.29, 1.82) is 0 Å². The predicted molar refractivity (Wildman–Crippen MR) is 228 cm³/mol. The number of ether oxygens (including phenoxy) is 2. The second-order valence-corrected chi connectivity index (χ2v) is 14.8. The number of hydrogen-bond donors (Lipinski definition) is 4. The third-order valence-corrected chi connectivity index (χ3v) is 8.77. The van der Waals surface area contributed by atoms with E-state index in [0.29, 0.717) is 6.42 Å². The lowest BCUT2D eigenvalue weighted by Crippen LogP contribution is -2.29. The summed E-state index contributed by atoms with van der Waals surface area (Å²) < 4.78 is 26.2. The van der Waals surface area contributed by atoms with Crippen molar-refractivity contribution in [3.63, 3.8) is 0 Å². The fourth-order valence-corrected chi connectivity index (χ4v) is 5.45. The van der Waals surface area contributed by atoms with Crippen LogP contribution in [0, 0.1) is 0 Å². The van der Waals surface area contributed by atoms with Crippen molar-refractivity contribution < 1.29 is 48.2 Å². The van der Waals surface area contributed by atoms with Gasteiger partial charge in [0.25, 0.3) is 0 Å². The maximum absolute atomic E-state index is 12.4.